The van der Waals surface area contributed by atoms with Crippen molar-refractivity contribution in [3.05, 3.63) is 35.4 Å². The van der Waals surface area contributed by atoms with Gasteiger partial charge >= 0.3 is 0 Å². The molecule has 18 heavy (non-hydrogen) atoms. The van der Waals surface area contributed by atoms with Gasteiger partial charge in [0.25, 0.3) is 0 Å². The first-order valence-electron chi connectivity index (χ1n) is 6.49. The third kappa shape index (κ3) is 3.45. The van der Waals surface area contributed by atoms with E-state index >= 15 is 0 Å². The molecule has 2 rings (SSSR count). The molecule has 1 aliphatic rings. The molecule has 0 amide bonds. The summed E-state index contributed by atoms with van der Waals surface area (Å²) >= 11 is 1.99. The highest BCUT2D eigenvalue weighted by molar-refractivity contribution is 8.00. The molecule has 1 saturated heterocycles. The lowest BCUT2D eigenvalue weighted by Crippen LogP contribution is -2.38. The lowest BCUT2D eigenvalue weighted by molar-refractivity contribution is 0.486. The Bertz CT molecular complexity index is 391. The van der Waals surface area contributed by atoms with Gasteiger partial charge in [-0.1, -0.05) is 13.0 Å². The zero-order valence-corrected chi connectivity index (χ0v) is 11.4. The van der Waals surface area contributed by atoms with E-state index in [1.165, 1.54) is 30.7 Å². The number of halogens is 2. The minimum absolute atomic E-state index is 0.354. The molecule has 2 atom stereocenters. The van der Waals surface area contributed by atoms with Crippen LogP contribution in [0.4, 0.5) is 8.78 Å². The summed E-state index contributed by atoms with van der Waals surface area (Å²) in [6, 6.07) is 4.57. The standard InChI is InChI=1S/C14H19F2NS/c1-2-17-13(14-4-3-7-18-14)9-10-5-6-11(15)12(16)8-10/h5-6,8,13-14,17H,2-4,7,9H2,1H3. The third-order valence-corrected chi connectivity index (χ3v) is 4.84. The Balaban J connectivity index is 2.04. The topological polar surface area (TPSA) is 12.0 Å². The normalized spacial score (nSPS) is 21.2. The summed E-state index contributed by atoms with van der Waals surface area (Å²) in [5.74, 6) is -0.305. The molecule has 0 aromatic heterocycles. The molecule has 2 unspecified atom stereocenters. The first-order valence-corrected chi connectivity index (χ1v) is 7.54. The van der Waals surface area contributed by atoms with Crippen molar-refractivity contribution in [1.82, 2.24) is 5.32 Å². The molecule has 0 radical (unpaired) electrons. The summed E-state index contributed by atoms with van der Waals surface area (Å²) in [5, 5.41) is 4.07. The summed E-state index contributed by atoms with van der Waals surface area (Å²) in [6.07, 6.45) is 3.24. The smallest absolute Gasteiger partial charge is 0.159 e. The number of thioether (sulfide) groups is 1. The van der Waals surface area contributed by atoms with Gasteiger partial charge in [-0.15, -0.1) is 0 Å². The Hall–Kier alpha value is -0.610. The van der Waals surface area contributed by atoms with Crippen LogP contribution < -0.4 is 5.32 Å². The van der Waals surface area contributed by atoms with Gasteiger partial charge in [-0.25, -0.2) is 8.78 Å². The second-order valence-corrected chi connectivity index (χ2v) is 6.02. The number of rotatable bonds is 5. The molecule has 1 aliphatic heterocycles. The quantitative estimate of drug-likeness (QED) is 0.881. The maximum atomic E-state index is 13.2. The van der Waals surface area contributed by atoms with Gasteiger partial charge < -0.3 is 5.32 Å². The number of nitrogens with one attached hydrogen (secondary N) is 1. The summed E-state index contributed by atoms with van der Waals surface area (Å²) in [6.45, 7) is 2.99. The maximum Gasteiger partial charge on any atom is 0.159 e. The van der Waals surface area contributed by atoms with Crippen molar-refractivity contribution in [3.8, 4) is 0 Å². The van der Waals surface area contributed by atoms with Crippen LogP contribution in [0.5, 0.6) is 0 Å². The molecule has 0 saturated carbocycles. The van der Waals surface area contributed by atoms with E-state index < -0.39 is 11.6 Å². The predicted molar refractivity (Wildman–Crippen MR) is 73.0 cm³/mol. The van der Waals surface area contributed by atoms with E-state index in [1.807, 2.05) is 11.8 Å². The van der Waals surface area contributed by atoms with E-state index in [9.17, 15) is 8.78 Å². The lowest BCUT2D eigenvalue weighted by atomic mass is 10.0. The van der Waals surface area contributed by atoms with Gasteiger partial charge in [0.05, 0.1) is 0 Å². The fraction of sp³-hybridized carbons (Fsp3) is 0.571. The van der Waals surface area contributed by atoms with Crippen molar-refractivity contribution < 1.29 is 8.78 Å². The van der Waals surface area contributed by atoms with E-state index in [1.54, 1.807) is 6.07 Å². The Labute approximate surface area is 111 Å². The van der Waals surface area contributed by atoms with Gasteiger partial charge in [-0.2, -0.15) is 11.8 Å². The van der Waals surface area contributed by atoms with Crippen molar-refractivity contribution in [1.29, 1.82) is 0 Å². The molecule has 1 fully saturated rings. The van der Waals surface area contributed by atoms with Crippen LogP contribution in [0, 0.1) is 11.6 Å². The van der Waals surface area contributed by atoms with Crippen LogP contribution in [0.3, 0.4) is 0 Å². The van der Waals surface area contributed by atoms with Crippen LogP contribution in [-0.2, 0) is 6.42 Å². The zero-order valence-electron chi connectivity index (χ0n) is 10.6. The first kappa shape index (κ1) is 13.8. The van der Waals surface area contributed by atoms with Crippen LogP contribution in [0.15, 0.2) is 18.2 Å². The van der Waals surface area contributed by atoms with Crippen LogP contribution in [0.1, 0.15) is 25.3 Å². The number of hydrogen-bond donors (Lipinski definition) is 1. The van der Waals surface area contributed by atoms with E-state index in [2.05, 4.69) is 12.2 Å². The molecule has 0 spiro atoms. The maximum absolute atomic E-state index is 13.2. The van der Waals surface area contributed by atoms with Gasteiger partial charge in [0, 0.05) is 11.3 Å². The van der Waals surface area contributed by atoms with Crippen LogP contribution >= 0.6 is 11.8 Å². The summed E-state index contributed by atoms with van der Waals surface area (Å²) in [7, 11) is 0. The molecule has 1 heterocycles. The van der Waals surface area contributed by atoms with Crippen molar-refractivity contribution in [2.75, 3.05) is 12.3 Å². The first-order chi connectivity index (χ1) is 8.70. The van der Waals surface area contributed by atoms with Crippen molar-refractivity contribution >= 4 is 11.8 Å². The van der Waals surface area contributed by atoms with E-state index in [0.29, 0.717) is 11.3 Å². The fourth-order valence-corrected chi connectivity index (χ4v) is 3.83. The second kappa shape index (κ2) is 6.53. The summed E-state index contributed by atoms with van der Waals surface area (Å²) in [4.78, 5) is 0. The second-order valence-electron chi connectivity index (χ2n) is 4.67. The Morgan fingerprint density at radius 2 is 2.22 bits per heavy atom. The molecule has 0 aliphatic carbocycles. The molecule has 1 aromatic carbocycles. The number of hydrogen-bond acceptors (Lipinski definition) is 2. The molecule has 1 nitrogen and oxygen atoms in total. The van der Waals surface area contributed by atoms with Gasteiger partial charge in [-0.05, 0) is 49.3 Å². The largest absolute Gasteiger partial charge is 0.313 e. The third-order valence-electron chi connectivity index (χ3n) is 3.32. The summed E-state index contributed by atoms with van der Waals surface area (Å²) < 4.78 is 26.1. The number of benzene rings is 1. The van der Waals surface area contributed by atoms with Crippen molar-refractivity contribution in [3.63, 3.8) is 0 Å². The van der Waals surface area contributed by atoms with Gasteiger partial charge in [-0.3, -0.25) is 0 Å². The average molecular weight is 271 g/mol. The van der Waals surface area contributed by atoms with Crippen molar-refractivity contribution in [2.45, 2.75) is 37.5 Å². The average Bonchev–Trinajstić information content (AvgIpc) is 2.87. The van der Waals surface area contributed by atoms with Crippen LogP contribution in [0.25, 0.3) is 0 Å². The molecule has 100 valence electrons. The van der Waals surface area contributed by atoms with E-state index in [0.717, 1.165) is 18.5 Å². The lowest BCUT2D eigenvalue weighted by Gasteiger charge is -2.23. The Morgan fingerprint density at radius 1 is 1.39 bits per heavy atom. The van der Waals surface area contributed by atoms with Crippen molar-refractivity contribution in [2.24, 2.45) is 0 Å². The molecule has 1 aromatic rings. The van der Waals surface area contributed by atoms with Gasteiger partial charge in [0.1, 0.15) is 0 Å². The highest BCUT2D eigenvalue weighted by Crippen LogP contribution is 2.30. The highest BCUT2D eigenvalue weighted by Gasteiger charge is 2.25. The van der Waals surface area contributed by atoms with Crippen LogP contribution in [0.2, 0.25) is 0 Å². The monoisotopic (exact) mass is 271 g/mol. The minimum atomic E-state index is -0.769. The SMILES string of the molecule is CCNC(Cc1ccc(F)c(F)c1)C1CCCS1. The van der Waals surface area contributed by atoms with Crippen LogP contribution in [-0.4, -0.2) is 23.6 Å². The Morgan fingerprint density at radius 3 is 2.83 bits per heavy atom. The van der Waals surface area contributed by atoms with Gasteiger partial charge in [0.2, 0.25) is 0 Å². The van der Waals surface area contributed by atoms with E-state index in [4.69, 9.17) is 0 Å². The van der Waals surface area contributed by atoms with Gasteiger partial charge in [0.15, 0.2) is 11.6 Å². The molecule has 0 bridgehead atoms. The Kier molecular flexibility index (Phi) is 5.01. The fourth-order valence-electron chi connectivity index (χ4n) is 2.44. The van der Waals surface area contributed by atoms with E-state index in [-0.39, 0.29) is 0 Å². The molecular weight excluding hydrogens is 252 g/mol. The molecule has 1 N–H and O–H groups in total. The zero-order chi connectivity index (χ0) is 13.0. The predicted octanol–water partition coefficient (Wildman–Crippen LogP) is 3.38. The minimum Gasteiger partial charge on any atom is -0.313 e. The molecule has 4 heteroatoms. The highest BCUT2D eigenvalue weighted by atomic mass is 32.2. The number of likely N-dealkylation sites (N-methyl/N-ethyl adjacent to an activating group) is 1. The summed E-state index contributed by atoms with van der Waals surface area (Å²) in [5.41, 5.74) is 0.868. The molecular formula is C14H19F2NS.